The zero-order chi connectivity index (χ0) is 84.6. The Morgan fingerprint density at radius 2 is 0.521 bits per heavy atom. The van der Waals surface area contributed by atoms with Crippen molar-refractivity contribution in [3.05, 3.63) is 48.6 Å². The third-order valence-electron chi connectivity index (χ3n) is 23.9. The maximum atomic E-state index is 14.6. The average molecular weight is 1820 g/mol. The van der Waals surface area contributed by atoms with Crippen LogP contribution in [0, 0.1) is 0 Å². The summed E-state index contributed by atoms with van der Waals surface area (Å²) in [5, 5.41) is 0. The minimum atomic E-state index is -5.49. The third-order valence-corrected chi connectivity index (χ3v) is 25.9. The summed E-state index contributed by atoms with van der Waals surface area (Å²) >= 11 is 0. The number of fused-ring (bicyclic) bond motifs is 2. The molecule has 8 unspecified atom stereocenters. The molecule has 2 spiro atoms. The first-order valence-corrected chi connectivity index (χ1v) is 51.8. The molecule has 119 heavy (non-hydrogen) atoms. The fourth-order valence-electron chi connectivity index (χ4n) is 16.9. The number of allylic oxidation sites excluding steroid dienone is 8. The molecule has 0 aromatic carbocycles. The van der Waals surface area contributed by atoms with Crippen LogP contribution in [0.1, 0.15) is 451 Å². The number of unbranched alkanes of at least 4 members (excludes halogenated alkanes) is 44. The first kappa shape index (κ1) is 109. The number of hydrogen-bond acceptors (Lipinski definition) is 20. The van der Waals surface area contributed by atoms with Crippen molar-refractivity contribution < 1.29 is 94.1 Å². The van der Waals surface area contributed by atoms with Crippen LogP contribution in [-0.2, 0) is 84.3 Å². The molecule has 0 N–H and O–H groups in total. The number of phosphoric ester groups is 2. The van der Waals surface area contributed by atoms with E-state index >= 15 is 0 Å². The molecule has 3 aliphatic carbocycles. The van der Waals surface area contributed by atoms with Gasteiger partial charge in [0.25, 0.3) is 15.6 Å². The van der Waals surface area contributed by atoms with E-state index in [1.165, 1.54) is 154 Å². The van der Waals surface area contributed by atoms with Crippen LogP contribution in [0.15, 0.2) is 48.6 Å². The zero-order valence-electron chi connectivity index (χ0n) is 75.3. The van der Waals surface area contributed by atoms with Crippen LogP contribution in [0.3, 0.4) is 0 Å². The topological polar surface area (TPSA) is 259 Å². The van der Waals surface area contributed by atoms with Gasteiger partial charge in [-0.15, -0.1) is 0 Å². The van der Waals surface area contributed by atoms with Crippen molar-refractivity contribution in [1.29, 1.82) is 0 Å². The first-order chi connectivity index (χ1) is 57.5. The normalized spacial score (nSPS) is 21.1. The van der Waals surface area contributed by atoms with Gasteiger partial charge in [-0.3, -0.25) is 28.3 Å². The van der Waals surface area contributed by atoms with Crippen molar-refractivity contribution in [2.75, 3.05) is 26.4 Å². The summed E-state index contributed by atoms with van der Waals surface area (Å²) in [5.41, 5.74) is 0. The van der Waals surface area contributed by atoms with Crippen LogP contribution in [-0.4, -0.2) is 135 Å². The Bertz CT molecular complexity index is 2560. The average Bonchev–Trinajstić information content (AvgIpc) is 1.56. The van der Waals surface area contributed by atoms with Crippen LogP contribution < -0.4 is 9.79 Å². The van der Waals surface area contributed by atoms with E-state index in [2.05, 4.69) is 76.3 Å². The summed E-state index contributed by atoms with van der Waals surface area (Å²) < 4.78 is 103. The van der Waals surface area contributed by atoms with Gasteiger partial charge < -0.3 is 65.8 Å². The molecule has 2 heterocycles. The van der Waals surface area contributed by atoms with Gasteiger partial charge in [-0.1, -0.05) is 295 Å². The SMILES string of the molecule is CCCCCCCC/C=C\CCCCCCCC(=O)OCC(COP(=O)([O-])OC1C2OC3(CCCCC3)OC2C(OP(=O)([O-])OCC(COC(=O)CCCCCCC/C=C/CCCCCCCC)OC(=O)CCCCCCC/C=C/CCCCCCCC)C2OC3(CCCCC3)OC21)OC(=O)CCCCCCC/C=C\CCCCCCCC.[Sn+2]. The Balaban J connectivity index is 0.0000298. The van der Waals surface area contributed by atoms with Crippen LogP contribution in [0.4, 0.5) is 0 Å². The van der Waals surface area contributed by atoms with Crippen LogP contribution in [0.2, 0.25) is 0 Å². The molecule has 20 nitrogen and oxygen atoms in total. The minimum absolute atomic E-state index is 0. The van der Waals surface area contributed by atoms with Crippen molar-refractivity contribution >= 4 is 63.4 Å². The summed E-state index contributed by atoms with van der Waals surface area (Å²) in [6.07, 6.45) is 71.2. The van der Waals surface area contributed by atoms with Gasteiger partial charge in [0.05, 0.1) is 13.2 Å². The molecule has 23 heteroatoms. The predicted molar refractivity (Wildman–Crippen MR) is 473 cm³/mol. The van der Waals surface area contributed by atoms with E-state index in [1.54, 1.807) is 0 Å². The van der Waals surface area contributed by atoms with Crippen LogP contribution >= 0.6 is 15.6 Å². The number of phosphoric acid groups is 2. The molecular weight excluding hydrogens is 1650 g/mol. The van der Waals surface area contributed by atoms with Gasteiger partial charge in [0.1, 0.15) is 49.8 Å². The van der Waals surface area contributed by atoms with Crippen LogP contribution in [0.5, 0.6) is 0 Å². The number of carbonyl (C=O) groups is 4. The van der Waals surface area contributed by atoms with E-state index in [1.807, 2.05) is 0 Å². The van der Waals surface area contributed by atoms with E-state index in [0.717, 1.165) is 167 Å². The molecule has 5 rings (SSSR count). The molecule has 0 bridgehead atoms. The van der Waals surface area contributed by atoms with E-state index in [4.69, 9.17) is 56.0 Å². The van der Waals surface area contributed by atoms with Gasteiger partial charge in [-0.05, 0) is 154 Å². The van der Waals surface area contributed by atoms with Gasteiger partial charge in [-0.2, -0.15) is 0 Å². The Hall–Kier alpha value is -2.30. The number of ether oxygens (including phenoxy) is 8. The second kappa shape index (κ2) is 69.8. The molecule has 5 aliphatic rings. The molecule has 2 radical (unpaired) electrons. The molecule has 3 saturated carbocycles. The molecule has 0 aromatic rings. The summed E-state index contributed by atoms with van der Waals surface area (Å²) in [4.78, 5) is 83.1. The van der Waals surface area contributed by atoms with Gasteiger partial charge >= 0.3 is 47.8 Å². The van der Waals surface area contributed by atoms with E-state index in [-0.39, 0.29) is 49.6 Å². The van der Waals surface area contributed by atoms with Gasteiger partial charge in [0.2, 0.25) is 0 Å². The molecule has 0 amide bonds. The minimum Gasteiger partial charge on any atom is -0.756 e. The first-order valence-electron chi connectivity index (χ1n) is 48.8. The van der Waals surface area contributed by atoms with Crippen molar-refractivity contribution in [2.45, 2.75) is 512 Å². The molecule has 5 fully saturated rings. The molecule has 2 aliphatic heterocycles. The Morgan fingerprint density at radius 3 is 0.756 bits per heavy atom. The number of rotatable bonds is 76. The Labute approximate surface area is 739 Å². The van der Waals surface area contributed by atoms with Gasteiger partial charge in [0.15, 0.2) is 23.8 Å². The van der Waals surface area contributed by atoms with Crippen molar-refractivity contribution in [1.82, 2.24) is 0 Å². The maximum absolute atomic E-state index is 14.6. The summed E-state index contributed by atoms with van der Waals surface area (Å²) in [5.74, 6) is -4.75. The summed E-state index contributed by atoms with van der Waals surface area (Å²) in [6.45, 7) is 6.55. The van der Waals surface area contributed by atoms with Gasteiger partial charge in [0, 0.05) is 51.4 Å². The Morgan fingerprint density at radius 1 is 0.311 bits per heavy atom. The third kappa shape index (κ3) is 51.9. The number of carbonyl (C=O) groups excluding carboxylic acids is 4. The summed E-state index contributed by atoms with van der Waals surface area (Å²) in [6, 6.07) is 0. The van der Waals surface area contributed by atoms with Crippen molar-refractivity contribution in [2.24, 2.45) is 0 Å². The molecular formula is C96H168O20P2Sn. The smallest absolute Gasteiger partial charge is 0.756 e. The molecule has 0 aromatic heterocycles. The van der Waals surface area contributed by atoms with E-state index < -0.39 is 126 Å². The summed E-state index contributed by atoms with van der Waals surface area (Å²) in [7, 11) is -11.0. The van der Waals surface area contributed by atoms with E-state index in [9.17, 15) is 38.1 Å². The second-order valence-electron chi connectivity index (χ2n) is 34.8. The predicted octanol–water partition coefficient (Wildman–Crippen LogP) is 25.3. The molecule has 686 valence electrons. The monoisotopic (exact) mass is 1820 g/mol. The maximum Gasteiger partial charge on any atom is 2.00 e. The van der Waals surface area contributed by atoms with E-state index in [0.29, 0.717) is 77.0 Å². The van der Waals surface area contributed by atoms with Gasteiger partial charge in [-0.25, -0.2) is 0 Å². The fraction of sp³-hybridized carbons (Fsp3) is 0.875. The van der Waals surface area contributed by atoms with Crippen LogP contribution in [0.25, 0.3) is 0 Å². The van der Waals surface area contributed by atoms with Crippen molar-refractivity contribution in [3.63, 3.8) is 0 Å². The number of esters is 4. The standard InChI is InChI=1S/C96H170O20P2.Sn/c1-5-9-13-17-21-25-29-33-37-41-45-49-53-57-63-71-85(97)105-79-83(109-87(99)73-65-59-55-51-47-43-39-35-31-27-23-19-15-11-7-3)81-107-117(101,102)115-93-89-91(113-95(111-89)75-67-61-68-76-95)94(92-90(93)112-96(114-92)77-69-62-70-78-96)116-118(103,104)108-82-84(110-88(100)74-66-60-56-52-48-44-40-36-32-28-24-20-16-12-8-4)80-106-86(98)72-64-58-54-50-46-42-38-34-30-26-22-18-14-10-6-2;/h33-40,83-84,89-94H,5-32,41-82H2,1-4H3,(H,101,102)(H,103,104);/q;+2/p-2/b37-33-,38-34+,39-35-,40-36+;. The fourth-order valence-corrected chi connectivity index (χ4v) is 18.8. The molecule has 8 atom stereocenters. The second-order valence-corrected chi connectivity index (χ2v) is 37.6. The zero-order valence-corrected chi connectivity index (χ0v) is 79.9. The Kier molecular flexibility index (Phi) is 63.9. The molecule has 2 saturated heterocycles. The number of hydrogen-bond donors (Lipinski definition) is 0. The van der Waals surface area contributed by atoms with Crippen molar-refractivity contribution in [3.8, 4) is 0 Å². The quantitative estimate of drug-likeness (QED) is 0.0137. The largest absolute Gasteiger partial charge is 2.00 e.